The molecule has 0 heterocycles. The van der Waals surface area contributed by atoms with E-state index in [0.29, 0.717) is 18.0 Å². The van der Waals surface area contributed by atoms with E-state index in [0.717, 1.165) is 4.31 Å². The van der Waals surface area contributed by atoms with Crippen LogP contribution >= 0.6 is 23.2 Å². The molecule has 0 bridgehead atoms. The summed E-state index contributed by atoms with van der Waals surface area (Å²) in [4.78, 5) is 10.7. The van der Waals surface area contributed by atoms with Crippen molar-refractivity contribution < 1.29 is 23.1 Å². The normalized spacial score (nSPS) is 11.2. The largest absolute Gasteiger partial charge is 0.492 e. The minimum absolute atomic E-state index is 0.0246. The molecule has 0 fully saturated rings. The van der Waals surface area contributed by atoms with Crippen LogP contribution in [0.5, 0.6) is 5.75 Å². The highest BCUT2D eigenvalue weighted by Gasteiger charge is 2.29. The van der Waals surface area contributed by atoms with Crippen molar-refractivity contribution in [2.24, 2.45) is 0 Å². The molecule has 0 aliphatic carbocycles. The molecule has 0 aromatic heterocycles. The number of halogens is 2. The average Bonchev–Trinajstić information content (AvgIpc) is 2.61. The molecule has 6 nitrogen and oxygen atoms in total. The van der Waals surface area contributed by atoms with Gasteiger partial charge in [0, 0.05) is 18.0 Å². The zero-order valence-corrected chi connectivity index (χ0v) is 16.9. The number of carboxylic acids is 1. The average molecular weight is 432 g/mol. The van der Waals surface area contributed by atoms with E-state index in [-0.39, 0.29) is 34.3 Å². The quantitative estimate of drug-likeness (QED) is 0.633. The van der Waals surface area contributed by atoms with Gasteiger partial charge in [0.2, 0.25) is 0 Å². The van der Waals surface area contributed by atoms with Gasteiger partial charge >= 0.3 is 5.97 Å². The third-order valence-electron chi connectivity index (χ3n) is 3.65. The molecule has 0 spiro atoms. The lowest BCUT2D eigenvalue weighted by Gasteiger charge is -2.26. The van der Waals surface area contributed by atoms with Gasteiger partial charge in [0.05, 0.1) is 17.3 Å². The second-order valence-electron chi connectivity index (χ2n) is 5.55. The molecule has 0 amide bonds. The van der Waals surface area contributed by atoms with Gasteiger partial charge in [-0.15, -0.1) is 0 Å². The van der Waals surface area contributed by atoms with Crippen LogP contribution in [-0.2, 0) is 14.8 Å². The highest BCUT2D eigenvalue weighted by atomic mass is 35.5. The summed E-state index contributed by atoms with van der Waals surface area (Å²) in [7, 11) is -4.10. The number of hydrogen-bond acceptors (Lipinski definition) is 4. The topological polar surface area (TPSA) is 83.9 Å². The van der Waals surface area contributed by atoms with Gasteiger partial charge in [-0.1, -0.05) is 35.3 Å². The van der Waals surface area contributed by atoms with E-state index in [1.807, 2.05) is 0 Å². The predicted molar refractivity (Wildman–Crippen MR) is 105 cm³/mol. The Kier molecular flexibility index (Phi) is 7.35. The van der Waals surface area contributed by atoms with Crippen LogP contribution in [0.4, 0.5) is 5.69 Å². The van der Waals surface area contributed by atoms with E-state index >= 15 is 0 Å². The second kappa shape index (κ2) is 9.30. The Balaban J connectivity index is 2.55. The van der Waals surface area contributed by atoms with Crippen molar-refractivity contribution in [3.05, 3.63) is 52.5 Å². The molecule has 0 saturated carbocycles. The summed E-state index contributed by atoms with van der Waals surface area (Å²) >= 11 is 12.1. The molecule has 0 aliphatic heterocycles. The van der Waals surface area contributed by atoms with Crippen LogP contribution in [-0.4, -0.2) is 32.6 Å². The number of benzene rings is 2. The fourth-order valence-corrected chi connectivity index (χ4v) is 4.73. The first-order valence-electron chi connectivity index (χ1n) is 8.18. The molecule has 0 atom stereocenters. The van der Waals surface area contributed by atoms with Gasteiger partial charge in [-0.05, 0) is 43.7 Å². The van der Waals surface area contributed by atoms with Gasteiger partial charge in [0.1, 0.15) is 10.6 Å². The van der Waals surface area contributed by atoms with Crippen LogP contribution in [0.2, 0.25) is 10.0 Å². The van der Waals surface area contributed by atoms with E-state index in [1.54, 1.807) is 31.2 Å². The minimum atomic E-state index is -4.10. The lowest BCUT2D eigenvalue weighted by atomic mass is 10.2. The van der Waals surface area contributed by atoms with Crippen molar-refractivity contribution in [3.63, 3.8) is 0 Å². The molecule has 0 saturated heterocycles. The van der Waals surface area contributed by atoms with Crippen molar-refractivity contribution in [1.29, 1.82) is 0 Å². The van der Waals surface area contributed by atoms with Crippen LogP contribution in [0.25, 0.3) is 0 Å². The van der Waals surface area contributed by atoms with Crippen molar-refractivity contribution in [1.82, 2.24) is 0 Å². The zero-order chi connectivity index (χ0) is 20.0. The fraction of sp³-hybridized carbons (Fsp3) is 0.278. The summed E-state index contributed by atoms with van der Waals surface area (Å²) in [5.41, 5.74) is 0.306. The van der Waals surface area contributed by atoms with Crippen molar-refractivity contribution in [2.75, 3.05) is 17.5 Å². The number of ether oxygens (including phenoxy) is 1. The smallest absolute Gasteiger partial charge is 0.303 e. The molecule has 146 valence electrons. The monoisotopic (exact) mass is 431 g/mol. The number of sulfonamides is 1. The van der Waals surface area contributed by atoms with Crippen LogP contribution in [0.15, 0.2) is 47.4 Å². The van der Waals surface area contributed by atoms with Crippen LogP contribution in [0, 0.1) is 0 Å². The predicted octanol–water partition coefficient (Wildman–Crippen LogP) is 4.45. The number of aliphatic carboxylic acids is 1. The van der Waals surface area contributed by atoms with Crippen molar-refractivity contribution in [2.45, 2.75) is 24.7 Å². The molecular formula is C18H19Cl2NO5S. The summed E-state index contributed by atoms with van der Waals surface area (Å²) in [5.74, 6) is -0.636. The van der Waals surface area contributed by atoms with Crippen molar-refractivity contribution in [3.8, 4) is 5.75 Å². The maximum atomic E-state index is 13.3. The Morgan fingerprint density at radius 1 is 1.19 bits per heavy atom. The fourth-order valence-electron chi connectivity index (χ4n) is 2.48. The third-order valence-corrected chi connectivity index (χ3v) is 6.18. The van der Waals surface area contributed by atoms with E-state index in [4.69, 9.17) is 33.0 Å². The highest BCUT2D eigenvalue weighted by Crippen LogP contribution is 2.35. The molecule has 1 N–H and O–H groups in total. The number of para-hydroxylation sites is 2. The van der Waals surface area contributed by atoms with E-state index in [2.05, 4.69) is 0 Å². The standard InChI is InChI=1S/C18H19Cl2NO5S/c1-2-26-16-7-4-3-6-15(16)21(11-5-8-18(22)23)27(24,25)17-12-13(19)9-10-14(17)20/h3-4,6-7,9-10,12H,2,5,8,11H2,1H3,(H,22,23). The van der Waals surface area contributed by atoms with Gasteiger partial charge in [0.15, 0.2) is 0 Å². The maximum Gasteiger partial charge on any atom is 0.303 e. The first-order chi connectivity index (χ1) is 12.8. The molecule has 2 rings (SSSR count). The second-order valence-corrected chi connectivity index (χ2v) is 8.22. The van der Waals surface area contributed by atoms with Gasteiger partial charge in [-0.3, -0.25) is 9.10 Å². The Morgan fingerprint density at radius 3 is 2.56 bits per heavy atom. The molecule has 2 aromatic carbocycles. The molecule has 2 aromatic rings. The zero-order valence-electron chi connectivity index (χ0n) is 14.6. The molecule has 0 unspecified atom stereocenters. The Morgan fingerprint density at radius 2 is 1.89 bits per heavy atom. The van der Waals surface area contributed by atoms with E-state index < -0.39 is 16.0 Å². The Bertz CT molecular complexity index is 918. The number of hydrogen-bond donors (Lipinski definition) is 1. The molecule has 27 heavy (non-hydrogen) atoms. The summed E-state index contributed by atoms with van der Waals surface area (Å²) in [6.07, 6.45) is -0.0562. The van der Waals surface area contributed by atoms with Gasteiger partial charge < -0.3 is 9.84 Å². The van der Waals surface area contributed by atoms with Crippen LogP contribution < -0.4 is 9.04 Å². The van der Waals surface area contributed by atoms with Crippen LogP contribution in [0.3, 0.4) is 0 Å². The number of carboxylic acid groups (broad SMARTS) is 1. The number of carbonyl (C=O) groups is 1. The minimum Gasteiger partial charge on any atom is -0.492 e. The summed E-state index contributed by atoms with van der Waals surface area (Å²) < 4.78 is 33.3. The van der Waals surface area contributed by atoms with E-state index in [9.17, 15) is 13.2 Å². The van der Waals surface area contributed by atoms with Gasteiger partial charge in [-0.25, -0.2) is 8.42 Å². The first kappa shape index (κ1) is 21.3. The number of anilines is 1. The summed E-state index contributed by atoms with van der Waals surface area (Å²) in [6.45, 7) is 2.08. The first-order valence-corrected chi connectivity index (χ1v) is 10.4. The highest BCUT2D eigenvalue weighted by molar-refractivity contribution is 7.93. The third kappa shape index (κ3) is 5.28. The maximum absolute atomic E-state index is 13.3. The van der Waals surface area contributed by atoms with Gasteiger partial charge in [-0.2, -0.15) is 0 Å². The molecule has 0 aliphatic rings. The number of nitrogens with zero attached hydrogens (tertiary/aromatic N) is 1. The van der Waals surface area contributed by atoms with E-state index in [1.165, 1.54) is 18.2 Å². The SMILES string of the molecule is CCOc1ccccc1N(CCCC(=O)O)S(=O)(=O)c1cc(Cl)ccc1Cl. The van der Waals surface area contributed by atoms with Gasteiger partial charge in [0.25, 0.3) is 10.0 Å². The number of rotatable bonds is 9. The van der Waals surface area contributed by atoms with Crippen LogP contribution in [0.1, 0.15) is 19.8 Å². The Labute approximate surface area is 168 Å². The lowest BCUT2D eigenvalue weighted by Crippen LogP contribution is -2.33. The summed E-state index contributed by atoms with van der Waals surface area (Å²) in [6, 6.07) is 10.8. The lowest BCUT2D eigenvalue weighted by molar-refractivity contribution is -0.137. The molecule has 9 heteroatoms. The molecular weight excluding hydrogens is 413 g/mol. The molecule has 0 radical (unpaired) electrons. The summed E-state index contributed by atoms with van der Waals surface area (Å²) in [5, 5.41) is 9.15. The van der Waals surface area contributed by atoms with Crippen molar-refractivity contribution >= 4 is 44.9 Å². The Hall–Kier alpha value is -1.96.